The first-order chi connectivity index (χ1) is 21.2. The number of anilines is 1. The van der Waals surface area contributed by atoms with Gasteiger partial charge in [0.05, 0.1) is 34.3 Å². The van der Waals surface area contributed by atoms with Gasteiger partial charge in [-0.1, -0.05) is 27.7 Å². The van der Waals surface area contributed by atoms with Crippen LogP contribution in [0.4, 0.5) is 37.7 Å². The van der Waals surface area contributed by atoms with Crippen molar-refractivity contribution < 1.29 is 45.6 Å². The van der Waals surface area contributed by atoms with E-state index in [1.165, 1.54) is 25.3 Å². The van der Waals surface area contributed by atoms with Crippen molar-refractivity contribution in [3.63, 3.8) is 0 Å². The number of rotatable bonds is 7. The van der Waals surface area contributed by atoms with Gasteiger partial charge in [-0.25, -0.2) is 0 Å². The third-order valence-corrected chi connectivity index (χ3v) is 9.07. The van der Waals surface area contributed by atoms with E-state index in [9.17, 15) is 36.2 Å². The molecule has 5 rings (SSSR count). The van der Waals surface area contributed by atoms with Crippen molar-refractivity contribution in [2.75, 3.05) is 31.7 Å². The molecule has 0 saturated heterocycles. The van der Waals surface area contributed by atoms with Crippen molar-refractivity contribution in [1.29, 1.82) is 0 Å². The number of benzene rings is 2. The maximum atomic E-state index is 13.6. The maximum Gasteiger partial charge on any atom is 0.416 e. The Labute approximate surface area is 264 Å². The topological polar surface area (TPSA) is 52.8 Å². The molecule has 0 fully saturated rings. The Morgan fingerprint density at radius 1 is 0.913 bits per heavy atom. The monoisotopic (exact) mass is 647 g/mol. The number of carbonyl (C=O) groups is 1. The molecule has 246 valence electrons. The van der Waals surface area contributed by atoms with Crippen LogP contribution in [0.3, 0.4) is 0 Å². The molecule has 1 N–H and O–H groups in total. The molecule has 5 nitrogen and oxygen atoms in total. The van der Waals surface area contributed by atoms with Gasteiger partial charge in [0.1, 0.15) is 5.76 Å². The van der Waals surface area contributed by atoms with Crippen LogP contribution in [0, 0.1) is 5.92 Å². The van der Waals surface area contributed by atoms with Gasteiger partial charge in [-0.15, -0.1) is 0 Å². The summed E-state index contributed by atoms with van der Waals surface area (Å²) in [5.74, 6) is -0.632. The molecule has 2 aromatic carbocycles. The molecule has 1 aliphatic carbocycles. The van der Waals surface area contributed by atoms with Crippen LogP contribution in [0.2, 0.25) is 0 Å². The van der Waals surface area contributed by atoms with Crippen LogP contribution in [0.5, 0.6) is 0 Å². The molecule has 3 aliphatic rings. The van der Waals surface area contributed by atoms with Gasteiger partial charge in [-0.3, -0.25) is 4.79 Å². The SMILES string of the molecule is COCCN1/C(=C/C2=C(O)C(=C\C3=[N+](CC(C)C)c4ccc(C(F)(F)F)cc4C3(C)C)/C2=O)C(C)(C)c2cc(C(F)(F)F)ccc21. The van der Waals surface area contributed by atoms with Crippen molar-refractivity contribution in [2.45, 2.75) is 64.7 Å². The number of halogens is 6. The fourth-order valence-corrected chi connectivity index (χ4v) is 6.59. The third-order valence-electron chi connectivity index (χ3n) is 9.07. The fourth-order valence-electron chi connectivity index (χ4n) is 6.59. The van der Waals surface area contributed by atoms with Crippen molar-refractivity contribution in [3.05, 3.63) is 93.4 Å². The van der Waals surface area contributed by atoms with Gasteiger partial charge >= 0.3 is 12.4 Å². The Bertz CT molecular complexity index is 1740. The van der Waals surface area contributed by atoms with E-state index >= 15 is 0 Å². The van der Waals surface area contributed by atoms with Crippen molar-refractivity contribution >= 4 is 22.9 Å². The smallest absolute Gasteiger partial charge is 0.416 e. The Morgan fingerprint density at radius 3 is 2.04 bits per heavy atom. The Morgan fingerprint density at radius 2 is 1.50 bits per heavy atom. The van der Waals surface area contributed by atoms with Crippen LogP contribution in [-0.4, -0.2) is 48.0 Å². The largest absolute Gasteiger partial charge is 0.506 e. The van der Waals surface area contributed by atoms with Crippen LogP contribution in [0.15, 0.2) is 71.2 Å². The zero-order valence-electron chi connectivity index (χ0n) is 26.7. The van der Waals surface area contributed by atoms with E-state index in [0.29, 0.717) is 47.0 Å². The summed E-state index contributed by atoms with van der Waals surface area (Å²) < 4.78 is 88.8. The Hall–Kier alpha value is -3.86. The zero-order valence-corrected chi connectivity index (χ0v) is 26.7. The molecule has 0 bridgehead atoms. The molecule has 0 aromatic heterocycles. The molecule has 2 aromatic rings. The molecule has 0 radical (unpaired) electrons. The van der Waals surface area contributed by atoms with Gasteiger partial charge in [-0.05, 0) is 55.8 Å². The number of methoxy groups -OCH3 is 1. The minimum Gasteiger partial charge on any atom is -0.506 e. The number of allylic oxidation sites excluding steroid dienone is 5. The quantitative estimate of drug-likeness (QED) is 0.186. The summed E-state index contributed by atoms with van der Waals surface area (Å²) in [5, 5.41) is 11.2. The third kappa shape index (κ3) is 5.46. The molecule has 46 heavy (non-hydrogen) atoms. The molecule has 0 spiro atoms. The summed E-state index contributed by atoms with van der Waals surface area (Å²) in [6, 6.07) is 7.16. The number of carbonyl (C=O) groups excluding carboxylic acids is 1. The van der Waals surface area contributed by atoms with Gasteiger partial charge in [0.15, 0.2) is 12.3 Å². The summed E-state index contributed by atoms with van der Waals surface area (Å²) in [7, 11) is 1.51. The maximum absolute atomic E-state index is 13.6. The fraction of sp³-hybridized carbons (Fsp3) is 0.429. The van der Waals surface area contributed by atoms with Gasteiger partial charge in [-0.2, -0.15) is 30.9 Å². The van der Waals surface area contributed by atoms with E-state index in [-0.39, 0.29) is 29.4 Å². The molecule has 0 atom stereocenters. The molecule has 0 amide bonds. The van der Waals surface area contributed by atoms with E-state index < -0.39 is 40.1 Å². The number of Topliss-reactive ketones (excluding diaryl/α,β-unsaturated/α-hetero) is 1. The first-order valence-electron chi connectivity index (χ1n) is 15.0. The molecule has 2 heterocycles. The average Bonchev–Trinajstić information content (AvgIpc) is 3.29. The second-order valence-corrected chi connectivity index (χ2v) is 13.4. The number of fused-ring (bicyclic) bond motifs is 2. The van der Waals surface area contributed by atoms with Gasteiger partial charge in [0, 0.05) is 54.1 Å². The number of ketones is 1. The van der Waals surface area contributed by atoms with Crippen LogP contribution in [-0.2, 0) is 32.7 Å². The molecule has 2 aliphatic heterocycles. The number of aliphatic hydroxyl groups is 1. The lowest BCUT2D eigenvalue weighted by molar-refractivity contribution is -0.445. The standard InChI is InChI=1S/C35H36F6N2O3/c1-19(2)18-43-27-11-9-21(35(39,40)41)15-25(27)33(5,6)29(43)17-23-30(44)22(31(23)45)16-28-32(3,4)24-14-20(34(36,37)38)8-10-26(24)42(28)12-13-46-7/h8-11,14-17,19H,12-13,18H2,1-7H3/p+1. The van der Waals surface area contributed by atoms with E-state index in [0.717, 1.165) is 24.3 Å². The van der Waals surface area contributed by atoms with Crippen LogP contribution in [0.1, 0.15) is 63.8 Å². The van der Waals surface area contributed by atoms with E-state index in [2.05, 4.69) is 0 Å². The number of ether oxygens (including phenoxy) is 1. The number of hydrogen-bond donors (Lipinski definition) is 1. The predicted octanol–water partition coefficient (Wildman–Crippen LogP) is 8.41. The summed E-state index contributed by atoms with van der Waals surface area (Å²) in [6.07, 6.45) is -6.01. The van der Waals surface area contributed by atoms with Crippen molar-refractivity contribution in [2.24, 2.45) is 5.92 Å². The van der Waals surface area contributed by atoms with Gasteiger partial charge in [0.25, 0.3) is 0 Å². The number of hydrogen-bond acceptors (Lipinski definition) is 4. The molecular weight excluding hydrogens is 610 g/mol. The number of alkyl halides is 6. The van der Waals surface area contributed by atoms with E-state index in [4.69, 9.17) is 4.74 Å². The number of aliphatic hydroxyl groups excluding tert-OH is 1. The zero-order chi connectivity index (χ0) is 34.1. The molecule has 0 unspecified atom stereocenters. The Balaban J connectivity index is 1.60. The normalized spacial score (nSPS) is 20.7. The molecular formula is C35H37F6N2O3+. The molecule has 11 heteroatoms. The summed E-state index contributed by atoms with van der Waals surface area (Å²) in [4.78, 5) is 15.4. The predicted molar refractivity (Wildman–Crippen MR) is 164 cm³/mol. The van der Waals surface area contributed by atoms with Gasteiger partial charge < -0.3 is 14.7 Å². The number of nitrogens with zero attached hydrogens (tertiary/aromatic N) is 2. The second-order valence-electron chi connectivity index (χ2n) is 13.4. The van der Waals surface area contributed by atoms with Crippen LogP contribution >= 0.6 is 0 Å². The van der Waals surface area contributed by atoms with Crippen molar-refractivity contribution in [3.8, 4) is 0 Å². The summed E-state index contributed by atoms with van der Waals surface area (Å²) in [5.41, 5.74) is -0.266. The highest BCUT2D eigenvalue weighted by Crippen LogP contribution is 2.51. The van der Waals surface area contributed by atoms with E-state index in [1.54, 1.807) is 38.7 Å². The minimum absolute atomic E-state index is 0.00396. The average molecular weight is 648 g/mol. The second kappa shape index (κ2) is 11.1. The molecule has 0 saturated carbocycles. The first kappa shape index (κ1) is 33.5. The van der Waals surface area contributed by atoms with Crippen LogP contribution < -0.4 is 4.90 Å². The van der Waals surface area contributed by atoms with E-state index in [1.807, 2.05) is 18.4 Å². The summed E-state index contributed by atoms with van der Waals surface area (Å²) >= 11 is 0. The van der Waals surface area contributed by atoms with Crippen molar-refractivity contribution in [1.82, 2.24) is 0 Å². The lowest BCUT2D eigenvalue weighted by atomic mass is 9.77. The highest BCUT2D eigenvalue weighted by Gasteiger charge is 2.49. The minimum atomic E-state index is -4.54. The lowest BCUT2D eigenvalue weighted by Gasteiger charge is -2.29. The highest BCUT2D eigenvalue weighted by molar-refractivity contribution is 6.24. The highest BCUT2D eigenvalue weighted by atomic mass is 19.4. The Kier molecular flexibility index (Phi) is 8.11. The van der Waals surface area contributed by atoms with Crippen LogP contribution in [0.25, 0.3) is 0 Å². The first-order valence-corrected chi connectivity index (χ1v) is 15.0. The summed E-state index contributed by atoms with van der Waals surface area (Å²) in [6.45, 7) is 12.1. The van der Waals surface area contributed by atoms with Gasteiger partial charge in [0.2, 0.25) is 11.5 Å². The lowest BCUT2D eigenvalue weighted by Crippen LogP contribution is -2.33.